The minimum absolute atomic E-state index is 0.291. The molecule has 0 atom stereocenters. The zero-order valence-electron chi connectivity index (χ0n) is 14.4. The van der Waals surface area contributed by atoms with Crippen LogP contribution in [0, 0.1) is 5.92 Å². The van der Waals surface area contributed by atoms with E-state index in [-0.39, 0.29) is 0 Å². The Labute approximate surface area is 149 Å². The van der Waals surface area contributed by atoms with Crippen LogP contribution < -0.4 is 0 Å². The van der Waals surface area contributed by atoms with E-state index in [2.05, 4.69) is 9.97 Å². The van der Waals surface area contributed by atoms with Crippen LogP contribution in [-0.4, -0.2) is 19.1 Å². The fraction of sp³-hybridized carbons (Fsp3) is 0.474. The van der Waals surface area contributed by atoms with E-state index in [1.165, 1.54) is 11.0 Å². The van der Waals surface area contributed by atoms with E-state index >= 15 is 0 Å². The fourth-order valence-corrected chi connectivity index (χ4v) is 3.89. The molecule has 26 heavy (non-hydrogen) atoms. The molecule has 0 spiro atoms. The first-order chi connectivity index (χ1) is 12.5. The quantitative estimate of drug-likeness (QED) is 0.663. The first-order valence-corrected chi connectivity index (χ1v) is 9.03. The second-order valence-electron chi connectivity index (χ2n) is 7.11. The lowest BCUT2D eigenvalue weighted by Gasteiger charge is -2.23. The number of fused-ring (bicyclic) bond motifs is 1. The van der Waals surface area contributed by atoms with Gasteiger partial charge in [-0.1, -0.05) is 25.3 Å². The maximum atomic E-state index is 13.6. The van der Waals surface area contributed by atoms with Crippen molar-refractivity contribution in [3.63, 3.8) is 0 Å². The Balaban J connectivity index is 1.73. The Morgan fingerprint density at radius 3 is 2.62 bits per heavy atom. The van der Waals surface area contributed by atoms with Gasteiger partial charge in [-0.2, -0.15) is 13.2 Å². The monoisotopic (exact) mass is 362 g/mol. The molecule has 2 heterocycles. The van der Waals surface area contributed by atoms with E-state index in [4.69, 9.17) is 0 Å². The molecule has 0 bridgehead atoms. The molecule has 1 saturated carbocycles. The summed E-state index contributed by atoms with van der Waals surface area (Å²) in [7, 11) is 0. The molecular weight excluding hydrogens is 341 g/mol. The first-order valence-electron chi connectivity index (χ1n) is 9.03. The van der Waals surface area contributed by atoms with Crippen molar-refractivity contribution < 1.29 is 13.2 Å². The molecule has 0 radical (unpaired) electrons. The van der Waals surface area contributed by atoms with Gasteiger partial charge in [0.2, 0.25) is 5.82 Å². The summed E-state index contributed by atoms with van der Waals surface area (Å²) in [5.74, 6) is -0.489. The van der Waals surface area contributed by atoms with Crippen molar-refractivity contribution in [3.05, 3.63) is 48.3 Å². The molecule has 7 heteroatoms. The van der Waals surface area contributed by atoms with Crippen molar-refractivity contribution in [2.24, 2.45) is 5.92 Å². The standard InChI is InChI=1S/C19H21F3N4/c20-19(21,22)18-24-16-7-6-15(11-25-9-8-23-13-25)10-17(16)26(18)12-14-4-2-1-3-5-14/h6-10,13-14H,1-5,11-12H2. The average molecular weight is 362 g/mol. The number of alkyl halides is 3. The molecule has 2 aromatic heterocycles. The number of hydrogen-bond donors (Lipinski definition) is 0. The van der Waals surface area contributed by atoms with Crippen LogP contribution in [0.5, 0.6) is 0 Å². The van der Waals surface area contributed by atoms with Gasteiger partial charge >= 0.3 is 6.18 Å². The van der Waals surface area contributed by atoms with Gasteiger partial charge in [-0.25, -0.2) is 9.97 Å². The third-order valence-corrected chi connectivity index (χ3v) is 5.16. The summed E-state index contributed by atoms with van der Waals surface area (Å²) in [5.41, 5.74) is 1.91. The van der Waals surface area contributed by atoms with Crippen LogP contribution in [0.15, 0.2) is 36.9 Å². The number of aromatic nitrogens is 4. The summed E-state index contributed by atoms with van der Waals surface area (Å²) < 4.78 is 43.9. The van der Waals surface area contributed by atoms with Gasteiger partial charge in [0, 0.05) is 25.5 Å². The minimum Gasteiger partial charge on any atom is -0.333 e. The summed E-state index contributed by atoms with van der Waals surface area (Å²) in [6, 6.07) is 5.36. The third-order valence-electron chi connectivity index (χ3n) is 5.16. The van der Waals surface area contributed by atoms with E-state index < -0.39 is 12.0 Å². The highest BCUT2D eigenvalue weighted by Gasteiger charge is 2.38. The van der Waals surface area contributed by atoms with Gasteiger partial charge in [-0.05, 0) is 36.5 Å². The zero-order valence-corrected chi connectivity index (χ0v) is 14.4. The van der Waals surface area contributed by atoms with E-state index in [1.54, 1.807) is 18.6 Å². The molecule has 4 rings (SSSR count). The molecule has 1 aromatic carbocycles. The SMILES string of the molecule is FC(F)(F)c1nc2ccc(Cn3ccnc3)cc2n1CC1CCCCC1. The molecular formula is C19H21F3N4. The van der Waals surface area contributed by atoms with Crippen molar-refractivity contribution in [3.8, 4) is 0 Å². The number of hydrogen-bond acceptors (Lipinski definition) is 2. The number of rotatable bonds is 4. The predicted octanol–water partition coefficient (Wildman–Crippen LogP) is 4.88. The average Bonchev–Trinajstić information content (AvgIpc) is 3.24. The van der Waals surface area contributed by atoms with Crippen molar-refractivity contribution in [1.82, 2.24) is 19.1 Å². The van der Waals surface area contributed by atoms with Gasteiger partial charge in [0.15, 0.2) is 0 Å². The van der Waals surface area contributed by atoms with Crippen LogP contribution in [0.2, 0.25) is 0 Å². The lowest BCUT2D eigenvalue weighted by molar-refractivity contribution is -0.147. The summed E-state index contributed by atoms with van der Waals surface area (Å²) in [4.78, 5) is 7.92. The van der Waals surface area contributed by atoms with Crippen LogP contribution >= 0.6 is 0 Å². The van der Waals surface area contributed by atoms with Gasteiger partial charge < -0.3 is 9.13 Å². The Morgan fingerprint density at radius 2 is 1.92 bits per heavy atom. The van der Waals surface area contributed by atoms with Crippen LogP contribution in [0.25, 0.3) is 11.0 Å². The predicted molar refractivity (Wildman–Crippen MR) is 92.6 cm³/mol. The second-order valence-corrected chi connectivity index (χ2v) is 7.11. The number of imidazole rings is 2. The molecule has 138 valence electrons. The van der Waals surface area contributed by atoms with Crippen molar-refractivity contribution in [2.75, 3.05) is 0 Å². The maximum Gasteiger partial charge on any atom is 0.449 e. The summed E-state index contributed by atoms with van der Waals surface area (Å²) in [6.07, 6.45) is 6.15. The van der Waals surface area contributed by atoms with Crippen molar-refractivity contribution in [1.29, 1.82) is 0 Å². The highest BCUT2D eigenvalue weighted by molar-refractivity contribution is 5.77. The Kier molecular flexibility index (Phi) is 4.46. The van der Waals surface area contributed by atoms with Crippen molar-refractivity contribution >= 4 is 11.0 Å². The van der Waals surface area contributed by atoms with E-state index in [9.17, 15) is 13.2 Å². The number of benzene rings is 1. The lowest BCUT2D eigenvalue weighted by atomic mass is 9.89. The van der Waals surface area contributed by atoms with Crippen LogP contribution in [-0.2, 0) is 19.3 Å². The minimum atomic E-state index is -4.45. The molecule has 1 fully saturated rings. The van der Waals surface area contributed by atoms with Crippen LogP contribution in [0.3, 0.4) is 0 Å². The largest absolute Gasteiger partial charge is 0.449 e. The highest BCUT2D eigenvalue weighted by atomic mass is 19.4. The van der Waals surface area contributed by atoms with E-state index in [0.717, 1.165) is 31.2 Å². The smallest absolute Gasteiger partial charge is 0.333 e. The zero-order chi connectivity index (χ0) is 18.1. The lowest BCUT2D eigenvalue weighted by Crippen LogP contribution is -2.20. The summed E-state index contributed by atoms with van der Waals surface area (Å²) in [5, 5.41) is 0. The Bertz CT molecular complexity index is 874. The molecule has 1 aliphatic carbocycles. The van der Waals surface area contributed by atoms with Crippen LogP contribution in [0.4, 0.5) is 13.2 Å². The Hall–Kier alpha value is -2.31. The van der Waals surface area contributed by atoms with Crippen LogP contribution in [0.1, 0.15) is 43.5 Å². The summed E-state index contributed by atoms with van der Waals surface area (Å²) in [6.45, 7) is 0.964. The highest BCUT2D eigenvalue weighted by Crippen LogP contribution is 2.34. The van der Waals surface area contributed by atoms with Crippen molar-refractivity contribution in [2.45, 2.75) is 51.4 Å². The van der Waals surface area contributed by atoms with Gasteiger partial charge in [-0.15, -0.1) is 0 Å². The molecule has 1 aliphatic rings. The summed E-state index contributed by atoms with van der Waals surface area (Å²) >= 11 is 0. The maximum absolute atomic E-state index is 13.6. The second kappa shape index (κ2) is 6.78. The van der Waals surface area contributed by atoms with Gasteiger partial charge in [0.25, 0.3) is 0 Å². The molecule has 0 amide bonds. The van der Waals surface area contributed by atoms with Gasteiger partial charge in [0.1, 0.15) is 0 Å². The molecule has 0 aliphatic heterocycles. The Morgan fingerprint density at radius 1 is 1.12 bits per heavy atom. The van der Waals surface area contributed by atoms with E-state index in [0.29, 0.717) is 30.0 Å². The number of nitrogens with zero attached hydrogens (tertiary/aromatic N) is 4. The molecule has 0 saturated heterocycles. The third kappa shape index (κ3) is 3.48. The van der Waals surface area contributed by atoms with Gasteiger partial charge in [-0.3, -0.25) is 0 Å². The molecule has 3 aromatic rings. The van der Waals surface area contributed by atoms with E-state index in [1.807, 2.05) is 22.9 Å². The molecule has 4 nitrogen and oxygen atoms in total. The number of halogens is 3. The first kappa shape index (κ1) is 17.1. The van der Waals surface area contributed by atoms with Gasteiger partial charge in [0.05, 0.1) is 17.4 Å². The fourth-order valence-electron chi connectivity index (χ4n) is 3.89. The molecule has 0 N–H and O–H groups in total. The molecule has 0 unspecified atom stereocenters. The normalized spacial score (nSPS) is 16.4. The topological polar surface area (TPSA) is 35.6 Å².